The van der Waals surface area contributed by atoms with Gasteiger partial charge in [0.05, 0.1) is 20.3 Å². The number of unbranched alkanes of at least 4 members (excludes halogenated alkanes) is 6. The van der Waals surface area contributed by atoms with Crippen molar-refractivity contribution in [1.82, 2.24) is 0 Å². The first kappa shape index (κ1) is 27.3. The molecule has 6 nitrogen and oxygen atoms in total. The van der Waals surface area contributed by atoms with E-state index in [0.717, 1.165) is 49.6 Å². The summed E-state index contributed by atoms with van der Waals surface area (Å²) < 4.78 is 16.9. The van der Waals surface area contributed by atoms with Crippen LogP contribution in [-0.4, -0.2) is 26.9 Å². The first-order chi connectivity index (χ1) is 16.7. The molecule has 0 radical (unpaired) electrons. The number of benzene rings is 2. The maximum absolute atomic E-state index is 9.21. The molecule has 1 N–H and O–H groups in total. The molecule has 1 unspecified atom stereocenters. The van der Waals surface area contributed by atoms with Crippen LogP contribution >= 0.6 is 0 Å². The molecular formula is C28H42N3O3+. The number of hydrogen-bond donors (Lipinski definition) is 1. The van der Waals surface area contributed by atoms with Gasteiger partial charge in [-0.2, -0.15) is 0 Å². The van der Waals surface area contributed by atoms with Gasteiger partial charge in [0.15, 0.2) is 4.98 Å². The Morgan fingerprint density at radius 3 is 2.35 bits per heavy atom. The van der Waals surface area contributed by atoms with Crippen LogP contribution in [0.4, 0.5) is 11.4 Å². The molecule has 0 saturated carbocycles. The van der Waals surface area contributed by atoms with E-state index in [4.69, 9.17) is 14.2 Å². The van der Waals surface area contributed by atoms with Crippen LogP contribution in [0.15, 0.2) is 42.5 Å². The van der Waals surface area contributed by atoms with Gasteiger partial charge in [0.1, 0.15) is 11.5 Å². The summed E-state index contributed by atoms with van der Waals surface area (Å²) in [5, 5.41) is 12.7. The molecule has 1 atom stereocenters. The van der Waals surface area contributed by atoms with Gasteiger partial charge < -0.3 is 19.5 Å². The summed E-state index contributed by atoms with van der Waals surface area (Å²) in [6.07, 6.45) is 10.5. The van der Waals surface area contributed by atoms with Gasteiger partial charge in [0.2, 0.25) is 11.1 Å². The van der Waals surface area contributed by atoms with Gasteiger partial charge in [-0.1, -0.05) is 52.4 Å². The topological polar surface area (TPSA) is 67.9 Å². The maximum atomic E-state index is 9.21. The highest BCUT2D eigenvalue weighted by atomic mass is 16.5. The quantitative estimate of drug-likeness (QED) is 0.176. The van der Waals surface area contributed by atoms with Crippen molar-refractivity contribution in [2.45, 2.75) is 71.6 Å². The summed E-state index contributed by atoms with van der Waals surface area (Å²) in [5.41, 5.74) is 1.48. The Morgan fingerprint density at radius 1 is 0.882 bits per heavy atom. The lowest BCUT2D eigenvalue weighted by molar-refractivity contribution is 0.248. The van der Waals surface area contributed by atoms with Crippen molar-refractivity contribution in [1.29, 1.82) is 5.39 Å². The zero-order chi connectivity index (χ0) is 24.4. The van der Waals surface area contributed by atoms with Crippen LogP contribution in [-0.2, 0) is 0 Å². The molecule has 186 valence electrons. The second kappa shape index (κ2) is 16.6. The van der Waals surface area contributed by atoms with E-state index in [1.165, 1.54) is 38.5 Å². The van der Waals surface area contributed by atoms with Crippen molar-refractivity contribution in [2.75, 3.05) is 32.2 Å². The van der Waals surface area contributed by atoms with E-state index in [1.807, 2.05) is 36.4 Å². The zero-order valence-electron chi connectivity index (χ0n) is 21.2. The molecule has 0 heterocycles. The maximum Gasteiger partial charge on any atom is 0.426 e. The summed E-state index contributed by atoms with van der Waals surface area (Å²) in [6.45, 7) is 6.75. The third kappa shape index (κ3) is 10.8. The summed E-state index contributed by atoms with van der Waals surface area (Å²) in [7, 11) is 1.67. The molecule has 0 aliphatic carbocycles. The highest BCUT2D eigenvalue weighted by molar-refractivity contribution is 5.64. The lowest BCUT2D eigenvalue weighted by Crippen LogP contribution is -2.08. The Morgan fingerprint density at radius 2 is 1.62 bits per heavy atom. The second-order valence-electron chi connectivity index (χ2n) is 8.91. The number of diazo groups is 1. The van der Waals surface area contributed by atoms with Gasteiger partial charge in [-0.25, -0.2) is 0 Å². The molecule has 34 heavy (non-hydrogen) atoms. The van der Waals surface area contributed by atoms with E-state index in [2.05, 4.69) is 24.1 Å². The second-order valence-corrected chi connectivity index (χ2v) is 8.91. The van der Waals surface area contributed by atoms with Crippen LogP contribution in [0.25, 0.3) is 4.98 Å². The van der Waals surface area contributed by atoms with Crippen LogP contribution in [0, 0.1) is 11.3 Å². The summed E-state index contributed by atoms with van der Waals surface area (Å²) >= 11 is 0. The van der Waals surface area contributed by atoms with Crippen molar-refractivity contribution in [3.63, 3.8) is 0 Å². The van der Waals surface area contributed by atoms with Gasteiger partial charge >= 0.3 is 5.69 Å². The van der Waals surface area contributed by atoms with Crippen molar-refractivity contribution in [3.8, 4) is 17.2 Å². The number of nitrogens with zero attached hydrogens (tertiary/aromatic N) is 2. The van der Waals surface area contributed by atoms with Gasteiger partial charge in [-0.3, -0.25) is 0 Å². The fourth-order valence-corrected chi connectivity index (χ4v) is 3.73. The molecule has 2 aromatic carbocycles. The minimum atomic E-state index is 0.478. The fraction of sp³-hybridized carbons (Fsp3) is 0.571. The monoisotopic (exact) mass is 468 g/mol. The number of nitrogens with one attached hydrogen (secondary N) is 1. The lowest BCUT2D eigenvalue weighted by Gasteiger charge is -2.13. The SMILES string of the molecule is CCCCCCOc1cc(NCCCCCCC(C)COc2ccc(OC)cc2)ccc1[N+]#N. The van der Waals surface area contributed by atoms with Crippen LogP contribution < -0.4 is 19.5 Å². The first-order valence-electron chi connectivity index (χ1n) is 12.8. The van der Waals surface area contributed by atoms with E-state index in [0.29, 0.717) is 24.0 Å². The summed E-state index contributed by atoms with van der Waals surface area (Å²) in [4.78, 5) is 3.34. The standard InChI is InChI=1S/C28H42N3O3/c1-4-5-6-11-20-33-28-21-24(13-18-27(28)31-29)30-19-10-8-7-9-12-23(2)22-34-26-16-14-25(32-3)15-17-26/h13-18,21,23,30H,4-12,19-20,22H2,1-3H3/q+1. The van der Waals surface area contributed by atoms with E-state index < -0.39 is 0 Å². The van der Waals surface area contributed by atoms with Crippen molar-refractivity contribution >= 4 is 11.4 Å². The largest absolute Gasteiger partial charge is 0.497 e. The number of hydrogen-bond acceptors (Lipinski definition) is 5. The first-order valence-corrected chi connectivity index (χ1v) is 12.8. The molecule has 6 heteroatoms. The Bertz CT molecular complexity index is 849. The molecule has 0 spiro atoms. The van der Waals surface area contributed by atoms with Crippen LogP contribution in [0.5, 0.6) is 17.2 Å². The summed E-state index contributed by atoms with van der Waals surface area (Å²) in [5.74, 6) is 2.91. The number of rotatable bonds is 18. The zero-order valence-corrected chi connectivity index (χ0v) is 21.2. The highest BCUT2D eigenvalue weighted by Crippen LogP contribution is 2.31. The van der Waals surface area contributed by atoms with Crippen molar-refractivity contribution in [3.05, 3.63) is 47.4 Å². The lowest BCUT2D eigenvalue weighted by atomic mass is 10.0. The normalized spacial score (nSPS) is 11.5. The van der Waals surface area contributed by atoms with Gasteiger partial charge in [-0.05, 0) is 55.5 Å². The third-order valence-electron chi connectivity index (χ3n) is 5.87. The Kier molecular flexibility index (Phi) is 13.4. The molecule has 0 fully saturated rings. The van der Waals surface area contributed by atoms with Gasteiger partial charge in [0, 0.05) is 24.4 Å². The van der Waals surface area contributed by atoms with Crippen LogP contribution in [0.1, 0.15) is 71.6 Å². The van der Waals surface area contributed by atoms with Gasteiger partial charge in [-0.15, -0.1) is 0 Å². The van der Waals surface area contributed by atoms with E-state index >= 15 is 0 Å². The predicted octanol–water partition coefficient (Wildman–Crippen LogP) is 8.22. The fourth-order valence-electron chi connectivity index (χ4n) is 3.73. The molecule has 0 aliphatic heterocycles. The highest BCUT2D eigenvalue weighted by Gasteiger charge is 2.15. The van der Waals surface area contributed by atoms with Crippen LogP contribution in [0.2, 0.25) is 0 Å². The third-order valence-corrected chi connectivity index (χ3v) is 5.87. The molecule has 2 rings (SSSR count). The number of methoxy groups -OCH3 is 1. The number of anilines is 1. The van der Waals surface area contributed by atoms with Crippen LogP contribution in [0.3, 0.4) is 0 Å². The Hall–Kier alpha value is -2.94. The minimum Gasteiger partial charge on any atom is -0.497 e. The molecule has 0 amide bonds. The number of ether oxygens (including phenoxy) is 3. The molecule has 0 bridgehead atoms. The van der Waals surface area contributed by atoms with E-state index in [9.17, 15) is 5.39 Å². The van der Waals surface area contributed by atoms with E-state index in [1.54, 1.807) is 13.2 Å². The van der Waals surface area contributed by atoms with Crippen molar-refractivity contribution in [2.24, 2.45) is 5.92 Å². The predicted molar refractivity (Wildman–Crippen MR) is 140 cm³/mol. The Balaban J connectivity index is 1.57. The molecule has 0 aromatic heterocycles. The average Bonchev–Trinajstić information content (AvgIpc) is 2.87. The molecular weight excluding hydrogens is 426 g/mol. The molecule has 0 saturated heterocycles. The Labute approximate surface area is 205 Å². The van der Waals surface area contributed by atoms with E-state index in [-0.39, 0.29) is 0 Å². The minimum absolute atomic E-state index is 0.478. The average molecular weight is 469 g/mol. The summed E-state index contributed by atoms with van der Waals surface area (Å²) in [6, 6.07) is 13.4. The van der Waals surface area contributed by atoms with Crippen molar-refractivity contribution < 1.29 is 14.2 Å². The van der Waals surface area contributed by atoms with Gasteiger partial charge in [0.25, 0.3) is 0 Å². The smallest absolute Gasteiger partial charge is 0.426 e. The molecule has 2 aromatic rings. The molecule has 0 aliphatic rings.